The van der Waals surface area contributed by atoms with Crippen molar-refractivity contribution < 1.29 is 54.6 Å². The van der Waals surface area contributed by atoms with Gasteiger partial charge in [-0.3, -0.25) is 18.2 Å². The summed E-state index contributed by atoms with van der Waals surface area (Å²) in [6.45, 7) is 0. The Hall–Kier alpha value is 0.0800. The minimum atomic E-state index is -6.08. The molecule has 0 aliphatic carbocycles. The molecule has 0 unspecified atom stereocenters. The first-order chi connectivity index (χ1) is 7.49. The van der Waals surface area contributed by atoms with Gasteiger partial charge in [0.2, 0.25) is 5.52 Å². The van der Waals surface area contributed by atoms with Crippen LogP contribution >= 0.6 is 15.2 Å². The molecule has 0 saturated carbocycles. The van der Waals surface area contributed by atoms with Crippen molar-refractivity contribution in [2.24, 2.45) is 0 Å². The van der Waals surface area contributed by atoms with Crippen molar-refractivity contribution in [3.8, 4) is 0 Å². The van der Waals surface area contributed by atoms with Crippen LogP contribution in [0.1, 0.15) is 0 Å². The van der Waals surface area contributed by atoms with Gasteiger partial charge in [0.05, 0.1) is 0 Å². The zero-order valence-corrected chi connectivity index (χ0v) is 11.3. The second-order valence-electron chi connectivity index (χ2n) is 2.71. The van der Waals surface area contributed by atoms with Gasteiger partial charge in [0.25, 0.3) is 0 Å². The molecule has 0 rings (SSSR count). The van der Waals surface area contributed by atoms with Gasteiger partial charge >= 0.3 is 35.8 Å². The van der Waals surface area contributed by atoms with Gasteiger partial charge in [-0.15, -0.1) is 0 Å². The van der Waals surface area contributed by atoms with Crippen LogP contribution < -0.4 is 0 Å². The maximum absolute atomic E-state index is 10.7. The molecule has 13 nitrogen and oxygen atoms in total. The minimum absolute atomic E-state index is 1.76. The molecule has 17 heteroatoms. The fourth-order valence-corrected chi connectivity index (χ4v) is 7.19. The highest BCUT2D eigenvalue weighted by atomic mass is 32.3. The number of nitrogens with zero attached hydrogens (tertiary/aromatic N) is 1. The van der Waals surface area contributed by atoms with Crippen LogP contribution in [0.2, 0.25) is 0 Å². The summed E-state index contributed by atoms with van der Waals surface area (Å²) in [7, 11) is -24.3. The Bertz CT molecular complexity index is 548. The van der Waals surface area contributed by atoms with Gasteiger partial charge in [-0.05, 0) is 3.71 Å². The van der Waals surface area contributed by atoms with E-state index in [0.29, 0.717) is 0 Å². The summed E-state index contributed by atoms with van der Waals surface area (Å²) in [6.07, 6.45) is 0. The molecule has 0 amide bonds. The predicted molar refractivity (Wildman–Crippen MR) is 52.8 cm³/mol. The van der Waals surface area contributed by atoms with Crippen LogP contribution in [-0.4, -0.2) is 54.7 Å². The monoisotopic (exact) mass is 351 g/mol. The van der Waals surface area contributed by atoms with Crippen molar-refractivity contribution in [1.82, 2.24) is 3.71 Å². The average molecular weight is 351 g/mol. The maximum atomic E-state index is 10.7. The van der Waals surface area contributed by atoms with E-state index in [1.54, 1.807) is 0 Å². The molecule has 0 radical (unpaired) electrons. The van der Waals surface area contributed by atoms with Crippen LogP contribution in [0.15, 0.2) is 0 Å². The van der Waals surface area contributed by atoms with Crippen molar-refractivity contribution in [2.45, 2.75) is 5.52 Å². The average Bonchev–Trinajstić information content (AvgIpc) is 1.89. The van der Waals surface area contributed by atoms with Crippen molar-refractivity contribution >= 4 is 35.8 Å². The molecular weight excluding hydrogens is 344 g/mol. The van der Waals surface area contributed by atoms with E-state index < -0.39 is 45.0 Å². The number of hydrogen-bond donors (Lipinski definition) is 6. The Balaban J connectivity index is 6.38. The molecule has 0 aromatic heterocycles. The van der Waals surface area contributed by atoms with E-state index in [4.69, 9.17) is 28.7 Å². The van der Waals surface area contributed by atoms with Gasteiger partial charge in [-0.25, -0.2) is 0 Å². The Morgan fingerprint density at radius 3 is 1.06 bits per heavy atom. The highest BCUT2D eigenvalue weighted by Gasteiger charge is 2.57. The lowest BCUT2D eigenvalue weighted by molar-refractivity contribution is 0.299. The van der Waals surface area contributed by atoms with Gasteiger partial charge < -0.3 is 19.6 Å². The van der Waals surface area contributed by atoms with E-state index in [0.717, 1.165) is 0 Å². The Labute approximate surface area is 100 Å². The minimum Gasteiger partial charge on any atom is -0.323 e. The van der Waals surface area contributed by atoms with Crippen LogP contribution in [0.3, 0.4) is 0 Å². The summed E-state index contributed by atoms with van der Waals surface area (Å²) in [5, 5.41) is 0. The summed E-state index contributed by atoms with van der Waals surface area (Å²) in [4.78, 5) is 34.1. The third-order valence-electron chi connectivity index (χ3n) is 1.25. The highest BCUT2D eigenvalue weighted by molar-refractivity contribution is 7.99. The SMILES string of the molecule is O=P(O)(O)C(N(S(=O)(=O)O)S(=O)(=O)O)P(=O)(O)O. The van der Waals surface area contributed by atoms with Crippen LogP contribution in [0.5, 0.6) is 0 Å². The van der Waals surface area contributed by atoms with Crippen molar-refractivity contribution in [1.29, 1.82) is 0 Å². The molecule has 0 aromatic rings. The first-order valence-corrected chi connectivity index (χ1v) is 9.49. The lowest BCUT2D eigenvalue weighted by atomic mass is 11.5. The van der Waals surface area contributed by atoms with E-state index in [1.165, 1.54) is 0 Å². The van der Waals surface area contributed by atoms with E-state index >= 15 is 0 Å². The normalized spacial score (nSPS) is 15.3. The van der Waals surface area contributed by atoms with Gasteiger partial charge in [0, 0.05) is 0 Å². The van der Waals surface area contributed by atoms with Crippen molar-refractivity contribution in [3.63, 3.8) is 0 Å². The van der Waals surface area contributed by atoms with Gasteiger partial charge in [0.15, 0.2) is 0 Å². The lowest BCUT2D eigenvalue weighted by Gasteiger charge is -2.25. The van der Waals surface area contributed by atoms with Gasteiger partial charge in [0.1, 0.15) is 0 Å². The molecule has 0 aromatic carbocycles. The lowest BCUT2D eigenvalue weighted by Crippen LogP contribution is -2.43. The molecular formula is CH7NO12P2S2. The molecule has 0 bridgehead atoms. The third-order valence-corrected chi connectivity index (χ3v) is 7.80. The Kier molecular flexibility index (Phi) is 4.90. The van der Waals surface area contributed by atoms with E-state index in [2.05, 4.69) is 0 Å². The number of hydrogen-bond acceptors (Lipinski definition) is 6. The summed E-state index contributed by atoms with van der Waals surface area (Å²) in [5.74, 6) is 0. The summed E-state index contributed by atoms with van der Waals surface area (Å²) >= 11 is 0. The van der Waals surface area contributed by atoms with Crippen LogP contribution in [0.4, 0.5) is 0 Å². The summed E-state index contributed by atoms with van der Waals surface area (Å²) in [6, 6.07) is 0. The summed E-state index contributed by atoms with van der Waals surface area (Å²) < 4.78 is 78.7. The smallest absolute Gasteiger partial charge is 0.323 e. The Morgan fingerprint density at radius 2 is 1.00 bits per heavy atom. The maximum Gasteiger partial charge on any atom is 0.357 e. The van der Waals surface area contributed by atoms with Gasteiger partial charge in [-0.1, -0.05) is 0 Å². The molecule has 0 spiro atoms. The molecule has 0 aliphatic heterocycles. The van der Waals surface area contributed by atoms with Crippen molar-refractivity contribution in [2.75, 3.05) is 0 Å². The fourth-order valence-electron chi connectivity index (χ4n) is 0.799. The molecule has 0 fully saturated rings. The summed E-state index contributed by atoms with van der Waals surface area (Å²) in [5.41, 5.74) is -3.81. The van der Waals surface area contributed by atoms with E-state index in [1.807, 2.05) is 0 Å². The van der Waals surface area contributed by atoms with Crippen LogP contribution in [0.25, 0.3) is 0 Å². The second kappa shape index (κ2) is 4.88. The zero-order valence-electron chi connectivity index (χ0n) is 7.87. The van der Waals surface area contributed by atoms with Crippen LogP contribution in [-0.2, 0) is 29.7 Å². The molecule has 0 aliphatic rings. The van der Waals surface area contributed by atoms with Crippen molar-refractivity contribution in [3.05, 3.63) is 0 Å². The first-order valence-electron chi connectivity index (χ1n) is 3.34. The quantitative estimate of drug-likeness (QED) is 0.224. The second-order valence-corrected chi connectivity index (χ2v) is 9.26. The van der Waals surface area contributed by atoms with Gasteiger partial charge in [-0.2, -0.15) is 16.8 Å². The van der Waals surface area contributed by atoms with Crippen LogP contribution in [0, 0.1) is 0 Å². The largest absolute Gasteiger partial charge is 0.357 e. The molecule has 0 atom stereocenters. The molecule has 6 N–H and O–H groups in total. The number of rotatable bonds is 5. The molecule has 0 heterocycles. The third kappa shape index (κ3) is 4.64. The molecule has 110 valence electrons. The first kappa shape index (κ1) is 18.1. The van der Waals surface area contributed by atoms with E-state index in [-0.39, 0.29) is 0 Å². The zero-order chi connectivity index (χ0) is 15.2. The molecule has 0 saturated heterocycles. The standard InChI is InChI=1S/CH7NO12P2S2/c3-15(4,5)1(16(6,7)8)2(17(9,10)11)18(12,13)14/h1H,(H2,3,4,5)(H2,6,7,8)(H,9,10,11)(H,12,13,14). The molecule has 18 heavy (non-hydrogen) atoms. The predicted octanol–water partition coefficient (Wildman–Crippen LogP) is -2.47. The topological polar surface area (TPSA) is 227 Å². The Morgan fingerprint density at radius 1 is 0.778 bits per heavy atom. The van der Waals surface area contributed by atoms with E-state index in [9.17, 15) is 26.0 Å². The highest BCUT2D eigenvalue weighted by Crippen LogP contribution is 2.62. The fraction of sp³-hybridized carbons (Fsp3) is 1.00.